The van der Waals surface area contributed by atoms with Gasteiger partial charge in [-0.15, -0.1) is 0 Å². The zero-order valence-electron chi connectivity index (χ0n) is 21.0. The number of benzene rings is 2. The van der Waals surface area contributed by atoms with Gasteiger partial charge in [-0.25, -0.2) is 15.0 Å². The van der Waals surface area contributed by atoms with Crippen molar-refractivity contribution < 1.29 is 4.79 Å². The van der Waals surface area contributed by atoms with Crippen LogP contribution in [0.5, 0.6) is 0 Å². The van der Waals surface area contributed by atoms with E-state index in [0.717, 1.165) is 65.1 Å². The molecule has 7 heteroatoms. The van der Waals surface area contributed by atoms with Gasteiger partial charge >= 0.3 is 0 Å². The van der Waals surface area contributed by atoms with Gasteiger partial charge in [0.1, 0.15) is 11.6 Å². The highest BCUT2D eigenvalue weighted by Crippen LogP contribution is 2.52. The Labute approximate surface area is 215 Å². The largest absolute Gasteiger partial charge is 0.329 e. The number of hydrogen-bond donors (Lipinski definition) is 1. The van der Waals surface area contributed by atoms with Crippen LogP contribution < -0.4 is 5.73 Å². The molecule has 0 unspecified atom stereocenters. The Hall–Kier alpha value is -3.58. The van der Waals surface area contributed by atoms with Crippen molar-refractivity contribution in [3.63, 3.8) is 0 Å². The van der Waals surface area contributed by atoms with E-state index >= 15 is 0 Å². The minimum Gasteiger partial charge on any atom is -0.329 e. The number of aromatic nitrogens is 4. The molecule has 4 aliphatic rings. The summed E-state index contributed by atoms with van der Waals surface area (Å²) in [4.78, 5) is 30.1. The predicted molar refractivity (Wildman–Crippen MR) is 141 cm³/mol. The number of fused-ring (bicyclic) bond motifs is 9. The Morgan fingerprint density at radius 2 is 1.86 bits per heavy atom. The first kappa shape index (κ1) is 21.5. The molecule has 2 aliphatic carbocycles. The van der Waals surface area contributed by atoms with Gasteiger partial charge < -0.3 is 15.2 Å². The third kappa shape index (κ3) is 2.98. The molecule has 186 valence electrons. The lowest BCUT2D eigenvalue weighted by atomic mass is 9.77. The Kier molecular flexibility index (Phi) is 4.35. The second kappa shape index (κ2) is 7.48. The molecule has 2 saturated carbocycles. The summed E-state index contributed by atoms with van der Waals surface area (Å²) in [5, 5.41) is 0. The second-order valence-corrected chi connectivity index (χ2v) is 11.3. The molecule has 2 aromatic carbocycles. The van der Waals surface area contributed by atoms with Gasteiger partial charge in [-0.3, -0.25) is 4.79 Å². The second-order valence-electron chi connectivity index (χ2n) is 11.3. The predicted octanol–water partition coefficient (Wildman–Crippen LogP) is 5.22. The van der Waals surface area contributed by atoms with E-state index in [0.29, 0.717) is 12.5 Å². The van der Waals surface area contributed by atoms with Crippen molar-refractivity contribution in [3.05, 3.63) is 77.1 Å². The van der Waals surface area contributed by atoms with E-state index in [1.54, 1.807) is 0 Å². The van der Waals surface area contributed by atoms with Crippen molar-refractivity contribution in [2.24, 2.45) is 5.73 Å². The maximum atomic E-state index is 13.7. The van der Waals surface area contributed by atoms with E-state index in [1.807, 2.05) is 23.4 Å². The van der Waals surface area contributed by atoms with E-state index < -0.39 is 0 Å². The first-order valence-corrected chi connectivity index (χ1v) is 13.6. The first-order valence-electron chi connectivity index (χ1n) is 13.6. The smallest absolute Gasteiger partial charge is 0.254 e. The summed E-state index contributed by atoms with van der Waals surface area (Å²) in [6, 6.07) is 12.9. The monoisotopic (exact) mass is 490 g/mol. The molecule has 2 aliphatic heterocycles. The van der Waals surface area contributed by atoms with Crippen molar-refractivity contribution in [2.75, 3.05) is 6.54 Å². The Morgan fingerprint density at radius 3 is 2.57 bits per heavy atom. The molecule has 1 amide bonds. The van der Waals surface area contributed by atoms with Crippen LogP contribution >= 0.6 is 0 Å². The number of rotatable bonds is 4. The van der Waals surface area contributed by atoms with Crippen molar-refractivity contribution in [3.8, 4) is 11.1 Å². The highest BCUT2D eigenvalue weighted by Gasteiger charge is 2.46. The number of nitrogens with zero attached hydrogens (tertiary/aromatic N) is 5. The summed E-state index contributed by atoms with van der Waals surface area (Å²) in [7, 11) is 0. The molecule has 0 radical (unpaired) electrons. The third-order valence-corrected chi connectivity index (χ3v) is 9.15. The molecule has 37 heavy (non-hydrogen) atoms. The molecule has 0 saturated heterocycles. The first-order chi connectivity index (χ1) is 18.1. The number of imidazole rings is 1. The van der Waals surface area contributed by atoms with Crippen LogP contribution in [0.4, 0.5) is 0 Å². The van der Waals surface area contributed by atoms with E-state index in [2.05, 4.69) is 51.8 Å². The van der Waals surface area contributed by atoms with Gasteiger partial charge in [0.25, 0.3) is 5.91 Å². The molecular formula is C30H30N6O. The number of carbonyl (C=O) groups is 1. The number of amides is 1. The number of nitrogens with two attached hydrogens (primary N) is 1. The standard InChI is InChI=1S/C30H30N6O/c1-2-35-25-14-24(26-20(17-7-8-17)5-3-6-21(26)28(35)37)36-23-13-18(9-10-22(23)34-27(25)36)19-15-32-29(33-16-19)30(31)11-4-12-30/h3,5-6,9-10,13,15-17,24-25H,2,4,7-8,11-12,14,31H2,1H3/t24-,25-/m1/s1. The van der Waals surface area contributed by atoms with Crippen molar-refractivity contribution in [2.45, 2.75) is 69.0 Å². The SMILES string of the molecule is CCN1C(=O)c2cccc(C3CC3)c2[C@H]2C[C@@H]1c1nc3ccc(-c4cnc(C5(N)CCC5)nc4)cc3n12. The lowest BCUT2D eigenvalue weighted by Gasteiger charge is -2.36. The van der Waals surface area contributed by atoms with E-state index in [9.17, 15) is 4.79 Å². The van der Waals surface area contributed by atoms with E-state index in [1.165, 1.54) is 24.0 Å². The van der Waals surface area contributed by atoms with Gasteiger partial charge in [0, 0.05) is 36.5 Å². The van der Waals surface area contributed by atoms with Crippen LogP contribution in [-0.4, -0.2) is 36.9 Å². The summed E-state index contributed by atoms with van der Waals surface area (Å²) < 4.78 is 2.42. The van der Waals surface area contributed by atoms with Crippen LogP contribution in [0.3, 0.4) is 0 Å². The van der Waals surface area contributed by atoms with E-state index in [4.69, 9.17) is 10.7 Å². The molecular weight excluding hydrogens is 460 g/mol. The zero-order valence-corrected chi connectivity index (χ0v) is 21.0. The summed E-state index contributed by atoms with van der Waals surface area (Å²) in [6.45, 7) is 2.74. The third-order valence-electron chi connectivity index (χ3n) is 9.15. The van der Waals surface area contributed by atoms with Crippen LogP contribution in [0.25, 0.3) is 22.2 Å². The lowest BCUT2D eigenvalue weighted by Crippen LogP contribution is -2.44. The number of hydrogen-bond acceptors (Lipinski definition) is 5. The lowest BCUT2D eigenvalue weighted by molar-refractivity contribution is 0.0692. The van der Waals surface area contributed by atoms with Crippen molar-refractivity contribution >= 4 is 16.9 Å². The quantitative estimate of drug-likeness (QED) is 0.424. The van der Waals surface area contributed by atoms with Crippen LogP contribution in [-0.2, 0) is 5.54 Å². The van der Waals surface area contributed by atoms with Gasteiger partial charge in [-0.1, -0.05) is 18.2 Å². The highest BCUT2D eigenvalue weighted by molar-refractivity contribution is 5.98. The zero-order chi connectivity index (χ0) is 24.9. The molecule has 4 aromatic rings. The van der Waals surface area contributed by atoms with Gasteiger partial charge in [-0.2, -0.15) is 0 Å². The Balaban J connectivity index is 1.28. The maximum absolute atomic E-state index is 13.7. The average Bonchev–Trinajstić information content (AvgIpc) is 3.62. The topological polar surface area (TPSA) is 89.9 Å². The molecule has 4 heterocycles. The van der Waals surface area contributed by atoms with Crippen molar-refractivity contribution in [1.82, 2.24) is 24.4 Å². The maximum Gasteiger partial charge on any atom is 0.254 e. The summed E-state index contributed by atoms with van der Waals surface area (Å²) in [6.07, 6.45) is 10.1. The van der Waals surface area contributed by atoms with E-state index in [-0.39, 0.29) is 23.5 Å². The fraction of sp³-hybridized carbons (Fsp3) is 0.400. The van der Waals surface area contributed by atoms with Gasteiger partial charge in [0.15, 0.2) is 0 Å². The average molecular weight is 491 g/mol. The van der Waals surface area contributed by atoms with Crippen LogP contribution in [0, 0.1) is 0 Å². The molecule has 0 spiro atoms. The number of carbonyl (C=O) groups excluding carboxylic acids is 1. The van der Waals surface area contributed by atoms with Gasteiger partial charge in [0.2, 0.25) is 0 Å². The summed E-state index contributed by atoms with van der Waals surface area (Å²) in [5.41, 5.74) is 13.7. The highest BCUT2D eigenvalue weighted by atomic mass is 16.2. The molecule has 2 fully saturated rings. The van der Waals surface area contributed by atoms with Crippen LogP contribution in [0.15, 0.2) is 48.8 Å². The van der Waals surface area contributed by atoms with Gasteiger partial charge in [0.05, 0.1) is 28.7 Å². The normalized spacial score (nSPS) is 23.5. The minimum atomic E-state index is -0.361. The molecule has 2 N–H and O–H groups in total. The van der Waals surface area contributed by atoms with Crippen LogP contribution in [0.1, 0.15) is 96.6 Å². The summed E-state index contributed by atoms with van der Waals surface area (Å²) >= 11 is 0. The fourth-order valence-electron chi connectivity index (χ4n) is 6.86. The molecule has 7 nitrogen and oxygen atoms in total. The molecule has 8 rings (SSSR count). The summed E-state index contributed by atoms with van der Waals surface area (Å²) in [5.74, 6) is 2.46. The molecule has 2 aromatic heterocycles. The Bertz CT molecular complexity index is 1580. The Morgan fingerprint density at radius 1 is 1.05 bits per heavy atom. The van der Waals surface area contributed by atoms with Gasteiger partial charge in [-0.05, 0) is 79.8 Å². The molecule has 2 bridgehead atoms. The minimum absolute atomic E-state index is 0.0105. The fourth-order valence-corrected chi connectivity index (χ4v) is 6.86. The van der Waals surface area contributed by atoms with Crippen molar-refractivity contribution in [1.29, 1.82) is 0 Å². The molecule has 2 atom stereocenters. The van der Waals surface area contributed by atoms with Crippen LogP contribution in [0.2, 0.25) is 0 Å².